The van der Waals surface area contributed by atoms with Crippen molar-refractivity contribution in [1.82, 2.24) is 0 Å². The van der Waals surface area contributed by atoms with Crippen LogP contribution in [0.3, 0.4) is 0 Å². The zero-order valence-corrected chi connectivity index (χ0v) is 17.1. The van der Waals surface area contributed by atoms with Gasteiger partial charge >= 0.3 is 5.97 Å². The molecule has 3 nitrogen and oxygen atoms in total. The van der Waals surface area contributed by atoms with E-state index in [1.165, 1.54) is 45.4 Å². The average molecular weight is 361 g/mol. The first-order valence-corrected chi connectivity index (χ1v) is 11.0. The fourth-order valence-corrected chi connectivity index (χ4v) is 8.25. The number of Topliss-reactive ketones (excluding diaryl/α,β-unsaturated/α-hetero) is 1. The Kier molecular flexibility index (Phi) is 4.51. The predicted molar refractivity (Wildman–Crippen MR) is 101 cm³/mol. The Balaban J connectivity index is 1.60. The maximum atomic E-state index is 13.1. The smallest absolute Gasteiger partial charge is 0.302 e. The molecule has 4 aliphatic rings. The van der Waals surface area contributed by atoms with Gasteiger partial charge in [-0.1, -0.05) is 26.7 Å². The summed E-state index contributed by atoms with van der Waals surface area (Å²) in [6.07, 6.45) is 10.6. The Hall–Kier alpha value is -0.860. The number of carbonyl (C=O) groups excluding carboxylic acids is 2. The summed E-state index contributed by atoms with van der Waals surface area (Å²) in [5.74, 6) is 3.11. The van der Waals surface area contributed by atoms with Crippen molar-refractivity contribution in [2.24, 2.45) is 40.4 Å². The van der Waals surface area contributed by atoms with Crippen LogP contribution in [-0.2, 0) is 14.3 Å². The third-order valence-electron chi connectivity index (χ3n) is 9.36. The lowest BCUT2D eigenvalue weighted by molar-refractivity contribution is -0.159. The maximum absolute atomic E-state index is 13.1. The van der Waals surface area contributed by atoms with Crippen LogP contribution in [-0.4, -0.2) is 17.9 Å². The van der Waals surface area contributed by atoms with E-state index >= 15 is 0 Å². The monoisotopic (exact) mass is 360 g/mol. The molecule has 0 bridgehead atoms. The lowest BCUT2D eigenvalue weighted by Gasteiger charge is -2.60. The van der Waals surface area contributed by atoms with Crippen molar-refractivity contribution in [3.05, 3.63) is 0 Å². The van der Waals surface area contributed by atoms with Crippen LogP contribution in [0.5, 0.6) is 0 Å². The number of ether oxygens (including phenoxy) is 1. The maximum Gasteiger partial charge on any atom is 0.302 e. The highest BCUT2D eigenvalue weighted by atomic mass is 16.5. The van der Waals surface area contributed by atoms with E-state index in [-0.39, 0.29) is 22.9 Å². The zero-order chi connectivity index (χ0) is 18.7. The minimum Gasteiger partial charge on any atom is -0.463 e. The van der Waals surface area contributed by atoms with E-state index in [4.69, 9.17) is 4.74 Å². The van der Waals surface area contributed by atoms with Crippen molar-refractivity contribution in [3.8, 4) is 0 Å². The Labute approximate surface area is 158 Å². The van der Waals surface area contributed by atoms with Gasteiger partial charge in [0.2, 0.25) is 0 Å². The normalized spacial score (nSPS) is 48.9. The Morgan fingerprint density at radius 1 is 1.04 bits per heavy atom. The summed E-state index contributed by atoms with van der Waals surface area (Å²) in [7, 11) is 0. The van der Waals surface area contributed by atoms with Crippen LogP contribution in [0, 0.1) is 40.4 Å². The van der Waals surface area contributed by atoms with Crippen LogP contribution >= 0.6 is 0 Å². The van der Waals surface area contributed by atoms with Gasteiger partial charge in [0, 0.05) is 25.2 Å². The van der Waals surface area contributed by atoms with Crippen LogP contribution in [0.2, 0.25) is 0 Å². The molecule has 146 valence electrons. The molecule has 8 atom stereocenters. The van der Waals surface area contributed by atoms with E-state index < -0.39 is 0 Å². The van der Waals surface area contributed by atoms with Gasteiger partial charge in [-0.15, -0.1) is 0 Å². The van der Waals surface area contributed by atoms with Gasteiger partial charge < -0.3 is 4.74 Å². The number of carbonyl (C=O) groups is 2. The van der Waals surface area contributed by atoms with Crippen molar-refractivity contribution in [2.75, 3.05) is 0 Å². The van der Waals surface area contributed by atoms with Gasteiger partial charge in [0.05, 0.1) is 0 Å². The number of hydrogen-bond donors (Lipinski definition) is 0. The molecule has 26 heavy (non-hydrogen) atoms. The highest BCUT2D eigenvalue weighted by Crippen LogP contribution is 2.67. The van der Waals surface area contributed by atoms with Gasteiger partial charge in [0.25, 0.3) is 0 Å². The molecule has 2 unspecified atom stereocenters. The van der Waals surface area contributed by atoms with Gasteiger partial charge in [-0.2, -0.15) is 0 Å². The van der Waals surface area contributed by atoms with Crippen molar-refractivity contribution in [3.63, 3.8) is 0 Å². The molecule has 4 aliphatic carbocycles. The van der Waals surface area contributed by atoms with Gasteiger partial charge in [0.1, 0.15) is 11.9 Å². The van der Waals surface area contributed by atoms with Crippen LogP contribution in [0.25, 0.3) is 0 Å². The first kappa shape index (κ1) is 18.5. The molecular weight excluding hydrogens is 324 g/mol. The predicted octanol–water partition coefficient (Wildman–Crippen LogP) is 5.17. The molecule has 4 rings (SSSR count). The highest BCUT2D eigenvalue weighted by Gasteiger charge is 2.62. The Morgan fingerprint density at radius 3 is 2.50 bits per heavy atom. The molecule has 0 saturated heterocycles. The third kappa shape index (κ3) is 2.59. The lowest BCUT2D eigenvalue weighted by Crippen LogP contribution is -2.56. The summed E-state index contributed by atoms with van der Waals surface area (Å²) in [4.78, 5) is 24.6. The molecule has 0 aromatic heterocycles. The first-order chi connectivity index (χ1) is 12.3. The fourth-order valence-electron chi connectivity index (χ4n) is 8.25. The third-order valence-corrected chi connectivity index (χ3v) is 9.36. The minimum atomic E-state index is -0.163. The fraction of sp³-hybridized carbons (Fsp3) is 0.913. The quantitative estimate of drug-likeness (QED) is 0.638. The zero-order valence-electron chi connectivity index (χ0n) is 17.1. The van der Waals surface area contributed by atoms with E-state index in [2.05, 4.69) is 20.8 Å². The molecule has 4 fully saturated rings. The second kappa shape index (κ2) is 6.34. The SMILES string of the molecule is CC(=O)OC(C)[C@H]1CC[C@H]2[C@@H]3CC(=O)C4CCCC[C@]4(C)[C@H]3CC[C@]12C. The molecule has 0 N–H and O–H groups in total. The van der Waals surface area contributed by atoms with Crippen molar-refractivity contribution >= 4 is 11.8 Å². The van der Waals surface area contributed by atoms with Gasteiger partial charge in [-0.05, 0) is 74.0 Å². The Morgan fingerprint density at radius 2 is 1.77 bits per heavy atom. The van der Waals surface area contributed by atoms with Crippen LogP contribution < -0.4 is 0 Å². The van der Waals surface area contributed by atoms with Gasteiger partial charge in [0.15, 0.2) is 0 Å². The molecule has 0 radical (unpaired) electrons. The topological polar surface area (TPSA) is 43.4 Å². The lowest BCUT2D eigenvalue weighted by atomic mass is 9.44. The summed E-state index contributed by atoms with van der Waals surface area (Å²) in [6.45, 7) is 8.48. The molecule has 3 heteroatoms. The van der Waals surface area contributed by atoms with Crippen LogP contribution in [0.1, 0.15) is 85.5 Å². The molecule has 0 aliphatic heterocycles. The molecule has 0 amide bonds. The number of rotatable bonds is 2. The van der Waals surface area contributed by atoms with Crippen molar-refractivity contribution in [2.45, 2.75) is 91.6 Å². The summed E-state index contributed by atoms with van der Waals surface area (Å²) in [6, 6.07) is 0. The molecule has 0 heterocycles. The summed E-state index contributed by atoms with van der Waals surface area (Å²) in [5, 5.41) is 0. The minimum absolute atomic E-state index is 0.00337. The first-order valence-electron chi connectivity index (χ1n) is 11.0. The van der Waals surface area contributed by atoms with Gasteiger partial charge in [-0.25, -0.2) is 0 Å². The van der Waals surface area contributed by atoms with Crippen molar-refractivity contribution < 1.29 is 14.3 Å². The van der Waals surface area contributed by atoms with E-state index in [1.807, 2.05) is 0 Å². The van der Waals surface area contributed by atoms with Crippen molar-refractivity contribution in [1.29, 1.82) is 0 Å². The van der Waals surface area contributed by atoms with Crippen LogP contribution in [0.4, 0.5) is 0 Å². The molecular formula is C23H36O3. The second-order valence-corrected chi connectivity index (χ2v) is 10.4. The van der Waals surface area contributed by atoms with Crippen LogP contribution in [0.15, 0.2) is 0 Å². The summed E-state index contributed by atoms with van der Waals surface area (Å²) >= 11 is 0. The second-order valence-electron chi connectivity index (χ2n) is 10.4. The summed E-state index contributed by atoms with van der Waals surface area (Å²) in [5.41, 5.74) is 0.480. The molecule has 0 aromatic carbocycles. The van der Waals surface area contributed by atoms with E-state index in [0.29, 0.717) is 29.5 Å². The van der Waals surface area contributed by atoms with Gasteiger partial charge in [-0.3, -0.25) is 9.59 Å². The molecule has 4 saturated carbocycles. The molecule has 0 aromatic rings. The average Bonchev–Trinajstić information content (AvgIpc) is 2.92. The largest absolute Gasteiger partial charge is 0.463 e. The highest BCUT2D eigenvalue weighted by molar-refractivity contribution is 5.83. The van der Waals surface area contributed by atoms with E-state index in [9.17, 15) is 9.59 Å². The van der Waals surface area contributed by atoms with E-state index in [1.54, 1.807) is 0 Å². The van der Waals surface area contributed by atoms with E-state index in [0.717, 1.165) is 25.2 Å². The number of fused-ring (bicyclic) bond motifs is 5. The Bertz CT molecular complexity index is 598. The molecule has 0 spiro atoms. The number of esters is 1. The number of ketones is 1. The standard InChI is InChI=1S/C23H36O3/c1-14(26-15(2)24)17-8-9-18-16-13-21(25)20-7-5-6-11-22(20,3)19(16)10-12-23(17,18)4/h14,16-20H,5-13H2,1-4H3/t14?,16-,17+,18-,19-,20?,22+,23+/m0/s1. The summed E-state index contributed by atoms with van der Waals surface area (Å²) < 4.78 is 5.61. The number of hydrogen-bond acceptors (Lipinski definition) is 3.